The van der Waals surface area contributed by atoms with Gasteiger partial charge in [-0.1, -0.05) is 60.7 Å². The van der Waals surface area contributed by atoms with Crippen molar-refractivity contribution in [2.75, 3.05) is 9.80 Å². The van der Waals surface area contributed by atoms with E-state index < -0.39 is 0 Å². The second kappa shape index (κ2) is 13.4. The number of hydrogen-bond donors (Lipinski definition) is 0. The lowest BCUT2D eigenvalue weighted by atomic mass is 10.0. The molecule has 4 nitrogen and oxygen atoms in total. The predicted molar refractivity (Wildman–Crippen MR) is 249 cm³/mol. The summed E-state index contributed by atoms with van der Waals surface area (Å²) in [5, 5.41) is 8.99. The van der Waals surface area contributed by atoms with Crippen molar-refractivity contribution < 1.29 is 8.83 Å². The summed E-state index contributed by atoms with van der Waals surface area (Å²) in [4.78, 5) is 4.67. The first-order chi connectivity index (χ1) is 28.7. The summed E-state index contributed by atoms with van der Waals surface area (Å²) in [6, 6.07) is 59.3. The maximum atomic E-state index is 6.74. The molecule has 0 saturated carbocycles. The fourth-order valence-electron chi connectivity index (χ4n) is 9.27. The van der Waals surface area contributed by atoms with Gasteiger partial charge in [0.1, 0.15) is 22.3 Å². The zero-order chi connectivity index (χ0) is 39.9. The molecule has 0 aliphatic carbocycles. The van der Waals surface area contributed by atoms with Gasteiger partial charge in [0, 0.05) is 61.2 Å². The average molecular weight is 763 g/mol. The van der Waals surface area contributed by atoms with Crippen molar-refractivity contribution in [1.82, 2.24) is 0 Å². The Balaban J connectivity index is 1.03. The van der Waals surface area contributed by atoms with Crippen molar-refractivity contribution in [2.45, 2.75) is 34.6 Å². The third-order valence-electron chi connectivity index (χ3n) is 11.8. The van der Waals surface area contributed by atoms with E-state index in [0.29, 0.717) is 0 Å². The van der Waals surface area contributed by atoms with Crippen LogP contribution in [-0.2, 0) is 0 Å². The highest BCUT2D eigenvalue weighted by molar-refractivity contribution is 6.20. The van der Waals surface area contributed by atoms with Crippen LogP contribution in [0, 0.1) is 34.6 Å². The van der Waals surface area contributed by atoms with Gasteiger partial charge in [-0.2, -0.15) is 0 Å². The monoisotopic (exact) mass is 762 g/mol. The normalized spacial score (nSPS) is 11.8. The summed E-state index contributed by atoms with van der Waals surface area (Å²) in [5.41, 5.74) is 16.1. The fourth-order valence-corrected chi connectivity index (χ4v) is 9.27. The molecule has 9 aromatic carbocycles. The van der Waals surface area contributed by atoms with Crippen molar-refractivity contribution in [3.63, 3.8) is 0 Å². The minimum Gasteiger partial charge on any atom is -0.456 e. The topological polar surface area (TPSA) is 32.8 Å². The summed E-state index contributed by atoms with van der Waals surface area (Å²) in [7, 11) is 0. The van der Waals surface area contributed by atoms with Gasteiger partial charge in [-0.15, -0.1) is 0 Å². The molecule has 0 unspecified atom stereocenters. The Kier molecular flexibility index (Phi) is 7.92. The van der Waals surface area contributed by atoms with Gasteiger partial charge < -0.3 is 18.6 Å². The van der Waals surface area contributed by atoms with Gasteiger partial charge in [-0.25, -0.2) is 0 Å². The highest BCUT2D eigenvalue weighted by atomic mass is 16.3. The van der Waals surface area contributed by atoms with Gasteiger partial charge in [0.2, 0.25) is 0 Å². The Bertz CT molecular complexity index is 3180. The number of hydrogen-bond acceptors (Lipinski definition) is 4. The van der Waals surface area contributed by atoms with Crippen LogP contribution < -0.4 is 9.80 Å². The predicted octanol–water partition coefficient (Wildman–Crippen LogP) is 16.3. The molecular weight excluding hydrogens is 721 g/mol. The molecule has 4 heteroatoms. The molecule has 0 bridgehead atoms. The molecule has 0 spiro atoms. The zero-order valence-electron chi connectivity index (χ0n) is 33.8. The third kappa shape index (κ3) is 5.90. The molecule has 0 fully saturated rings. The molecule has 0 amide bonds. The molecule has 2 heterocycles. The summed E-state index contributed by atoms with van der Waals surface area (Å²) in [5.74, 6) is 0. The highest BCUT2D eigenvalue weighted by Crippen LogP contribution is 2.44. The summed E-state index contributed by atoms with van der Waals surface area (Å²) in [6.07, 6.45) is 0. The number of para-hydroxylation sites is 2. The first-order valence-corrected chi connectivity index (χ1v) is 20.3. The van der Waals surface area contributed by atoms with Crippen LogP contribution in [0.1, 0.15) is 27.8 Å². The second-order valence-corrected chi connectivity index (χ2v) is 16.3. The van der Waals surface area contributed by atoms with Crippen molar-refractivity contribution in [3.8, 4) is 0 Å². The van der Waals surface area contributed by atoms with Crippen LogP contribution in [0.5, 0.6) is 0 Å². The highest BCUT2D eigenvalue weighted by Gasteiger charge is 2.21. The van der Waals surface area contributed by atoms with E-state index >= 15 is 0 Å². The molecule has 59 heavy (non-hydrogen) atoms. The standard InChI is InChI=1S/C55H42N2O2/c1-33-20-34(2)23-46(22-33)56(42-12-8-6-9-13-42)44-18-16-38-28-48-50-32-51-49-29-39-17-19-45(57(43-14-10-7-11-15-43)47-24-35(3)21-36(4)25-47)27-41(39)31-53(49)59-55(51)37(5)54(50)58-52(48)30-40(38)26-44/h6-32H,1-5H3. The van der Waals surface area contributed by atoms with Crippen LogP contribution in [-0.4, -0.2) is 0 Å². The first-order valence-electron chi connectivity index (χ1n) is 20.3. The molecule has 0 atom stereocenters. The van der Waals surface area contributed by atoms with Gasteiger partial charge >= 0.3 is 0 Å². The molecule has 0 N–H and O–H groups in total. The lowest BCUT2D eigenvalue weighted by molar-refractivity contribution is 0.651. The lowest BCUT2D eigenvalue weighted by Gasteiger charge is -2.26. The van der Waals surface area contributed by atoms with Crippen LogP contribution in [0.4, 0.5) is 34.1 Å². The fraction of sp³-hybridized carbons (Fsp3) is 0.0909. The Labute approximate surface area is 343 Å². The molecule has 0 radical (unpaired) electrons. The van der Waals surface area contributed by atoms with Crippen LogP contribution in [0.3, 0.4) is 0 Å². The van der Waals surface area contributed by atoms with Crippen LogP contribution >= 0.6 is 0 Å². The minimum absolute atomic E-state index is 0.863. The minimum atomic E-state index is 0.863. The smallest absolute Gasteiger partial charge is 0.142 e. The Hall–Kier alpha value is -7.30. The molecule has 11 rings (SSSR count). The third-order valence-corrected chi connectivity index (χ3v) is 11.8. The second-order valence-electron chi connectivity index (χ2n) is 16.3. The largest absolute Gasteiger partial charge is 0.456 e. The Morgan fingerprint density at radius 3 is 1.12 bits per heavy atom. The van der Waals surface area contributed by atoms with E-state index in [1.54, 1.807) is 0 Å². The quantitative estimate of drug-likeness (QED) is 0.169. The summed E-state index contributed by atoms with van der Waals surface area (Å²) in [6.45, 7) is 10.8. The van der Waals surface area contributed by atoms with Crippen molar-refractivity contribution >= 4 is 99.5 Å². The first kappa shape index (κ1) is 34.9. The lowest BCUT2D eigenvalue weighted by Crippen LogP contribution is -2.10. The van der Waals surface area contributed by atoms with Crippen LogP contribution in [0.15, 0.2) is 173 Å². The maximum Gasteiger partial charge on any atom is 0.142 e. The van der Waals surface area contributed by atoms with Gasteiger partial charge in [0.15, 0.2) is 0 Å². The molecule has 11 aromatic rings. The van der Waals surface area contributed by atoms with Gasteiger partial charge in [-0.05, 0) is 182 Å². The maximum absolute atomic E-state index is 6.74. The number of nitrogens with zero attached hydrogens (tertiary/aromatic N) is 2. The molecular formula is C55H42N2O2. The molecule has 284 valence electrons. The zero-order valence-corrected chi connectivity index (χ0v) is 33.8. The van der Waals surface area contributed by atoms with E-state index in [2.05, 4.69) is 208 Å². The van der Waals surface area contributed by atoms with Crippen molar-refractivity contribution in [3.05, 3.63) is 192 Å². The Morgan fingerprint density at radius 2 is 0.712 bits per heavy atom. The van der Waals surface area contributed by atoms with Crippen LogP contribution in [0.2, 0.25) is 0 Å². The molecule has 2 aromatic heterocycles. The average Bonchev–Trinajstić information content (AvgIpc) is 3.77. The SMILES string of the molecule is Cc1cc(C)cc(N(c2ccccc2)c2ccc3cc4c(cc3c2)oc2c(C)c3oc5cc6cc(N(c7ccccc7)c7cc(C)cc(C)c7)ccc6cc5c3cc24)c1. The number of benzene rings is 9. The number of fused-ring (bicyclic) bond motifs is 8. The van der Waals surface area contributed by atoms with E-state index in [1.165, 1.54) is 33.0 Å². The number of rotatable bonds is 6. The van der Waals surface area contributed by atoms with Crippen LogP contribution in [0.25, 0.3) is 65.4 Å². The summed E-state index contributed by atoms with van der Waals surface area (Å²) >= 11 is 0. The van der Waals surface area contributed by atoms with E-state index in [4.69, 9.17) is 8.83 Å². The van der Waals surface area contributed by atoms with Gasteiger partial charge in [0.05, 0.1) is 0 Å². The van der Waals surface area contributed by atoms with Crippen molar-refractivity contribution in [1.29, 1.82) is 0 Å². The van der Waals surface area contributed by atoms with E-state index in [9.17, 15) is 0 Å². The van der Waals surface area contributed by atoms with E-state index in [0.717, 1.165) is 94.3 Å². The number of anilines is 6. The van der Waals surface area contributed by atoms with Gasteiger partial charge in [-0.3, -0.25) is 0 Å². The number of furan rings is 2. The molecule has 0 aliphatic heterocycles. The molecule has 0 aliphatic rings. The molecule has 0 saturated heterocycles. The van der Waals surface area contributed by atoms with Gasteiger partial charge in [0.25, 0.3) is 0 Å². The summed E-state index contributed by atoms with van der Waals surface area (Å²) < 4.78 is 13.5. The van der Waals surface area contributed by atoms with Crippen molar-refractivity contribution in [2.24, 2.45) is 0 Å². The Morgan fingerprint density at radius 1 is 0.305 bits per heavy atom. The van der Waals surface area contributed by atoms with E-state index in [-0.39, 0.29) is 0 Å². The van der Waals surface area contributed by atoms with E-state index in [1.807, 2.05) is 0 Å². The number of aryl methyl sites for hydroxylation is 5.